The van der Waals surface area contributed by atoms with E-state index in [0.717, 1.165) is 0 Å². The van der Waals surface area contributed by atoms with E-state index in [9.17, 15) is 4.79 Å². The molecule has 5 nitrogen and oxygen atoms in total. The van der Waals surface area contributed by atoms with Crippen LogP contribution in [0.4, 0.5) is 0 Å². The molecule has 0 bridgehead atoms. The third kappa shape index (κ3) is 2.72. The molecule has 0 amide bonds. The number of rotatable bonds is 3. The van der Waals surface area contributed by atoms with E-state index in [4.69, 9.17) is 15.9 Å². The van der Waals surface area contributed by atoms with Gasteiger partial charge < -0.3 is 15.9 Å². The summed E-state index contributed by atoms with van der Waals surface area (Å²) < 4.78 is 0. The average molecular weight is 182 g/mol. The fourth-order valence-corrected chi connectivity index (χ4v) is 0.850. The first-order chi connectivity index (χ1) is 6.09. The molecule has 0 saturated heterocycles. The topological polar surface area (TPSA) is 96.4 Å². The lowest BCUT2D eigenvalue weighted by molar-refractivity contribution is -0.138. The Morgan fingerprint density at radius 1 is 1.62 bits per heavy atom. The van der Waals surface area contributed by atoms with Crippen LogP contribution in [0.15, 0.2) is 18.3 Å². The molecule has 0 aromatic carbocycles. The zero-order valence-corrected chi connectivity index (χ0v) is 6.84. The Kier molecular flexibility index (Phi) is 2.81. The second kappa shape index (κ2) is 3.86. The molecule has 1 aromatic rings. The molecule has 0 aliphatic carbocycles. The first-order valence-corrected chi connectivity index (χ1v) is 3.72. The zero-order valence-electron chi connectivity index (χ0n) is 6.84. The molecule has 1 heterocycles. The van der Waals surface area contributed by atoms with Gasteiger partial charge in [-0.2, -0.15) is 0 Å². The fraction of sp³-hybridized carbons (Fsp3) is 0.250. The standard InChI is InChI=1S/C8H10N2O3/c9-7(8(12)13)3-5-1-2-6(11)4-10-5/h1-2,4,7,11H,3,9H2,(H,12,13). The molecule has 0 aliphatic rings. The van der Waals surface area contributed by atoms with Crippen molar-refractivity contribution in [2.24, 2.45) is 5.73 Å². The van der Waals surface area contributed by atoms with Gasteiger partial charge in [0.15, 0.2) is 0 Å². The van der Waals surface area contributed by atoms with Crippen LogP contribution in [-0.2, 0) is 11.2 Å². The highest BCUT2D eigenvalue weighted by atomic mass is 16.4. The predicted octanol–water partition coefficient (Wildman–Crippen LogP) is -0.258. The first-order valence-electron chi connectivity index (χ1n) is 3.72. The molecule has 0 fully saturated rings. The lowest BCUT2D eigenvalue weighted by Crippen LogP contribution is -2.32. The van der Waals surface area contributed by atoms with Crippen molar-refractivity contribution in [1.82, 2.24) is 4.98 Å². The Bertz CT molecular complexity index is 297. The smallest absolute Gasteiger partial charge is 0.320 e. The lowest BCUT2D eigenvalue weighted by atomic mass is 10.1. The highest BCUT2D eigenvalue weighted by molar-refractivity contribution is 5.73. The number of aromatic nitrogens is 1. The molecule has 1 atom stereocenters. The van der Waals surface area contributed by atoms with Gasteiger partial charge in [0, 0.05) is 12.1 Å². The third-order valence-corrected chi connectivity index (χ3v) is 1.56. The minimum Gasteiger partial charge on any atom is -0.506 e. The van der Waals surface area contributed by atoms with Gasteiger partial charge in [-0.25, -0.2) is 0 Å². The monoisotopic (exact) mass is 182 g/mol. The van der Waals surface area contributed by atoms with Crippen LogP contribution >= 0.6 is 0 Å². The minimum absolute atomic E-state index is 0.0487. The van der Waals surface area contributed by atoms with Crippen LogP contribution in [0.25, 0.3) is 0 Å². The summed E-state index contributed by atoms with van der Waals surface area (Å²) in [7, 11) is 0. The summed E-state index contributed by atoms with van der Waals surface area (Å²) >= 11 is 0. The van der Waals surface area contributed by atoms with Gasteiger partial charge in [-0.15, -0.1) is 0 Å². The number of carboxylic acid groups (broad SMARTS) is 1. The number of carboxylic acids is 1. The van der Waals surface area contributed by atoms with Crippen LogP contribution in [0.2, 0.25) is 0 Å². The molecule has 5 heteroatoms. The number of nitrogens with two attached hydrogens (primary N) is 1. The van der Waals surface area contributed by atoms with Crippen molar-refractivity contribution >= 4 is 5.97 Å². The number of nitrogens with zero attached hydrogens (tertiary/aromatic N) is 1. The van der Waals surface area contributed by atoms with Gasteiger partial charge >= 0.3 is 5.97 Å². The predicted molar refractivity (Wildman–Crippen MR) is 45.2 cm³/mol. The molecule has 0 radical (unpaired) electrons. The van der Waals surface area contributed by atoms with Crippen molar-refractivity contribution in [3.8, 4) is 5.75 Å². The zero-order chi connectivity index (χ0) is 9.84. The number of hydrogen-bond donors (Lipinski definition) is 3. The Labute approximate surface area is 74.8 Å². The van der Waals surface area contributed by atoms with E-state index in [1.165, 1.54) is 18.3 Å². The third-order valence-electron chi connectivity index (χ3n) is 1.56. The van der Waals surface area contributed by atoms with Gasteiger partial charge in [0.25, 0.3) is 0 Å². The van der Waals surface area contributed by atoms with Crippen LogP contribution in [0.5, 0.6) is 5.75 Å². The van der Waals surface area contributed by atoms with Crippen LogP contribution in [0.1, 0.15) is 5.69 Å². The van der Waals surface area contributed by atoms with E-state index in [2.05, 4.69) is 4.98 Å². The van der Waals surface area contributed by atoms with Crippen molar-refractivity contribution < 1.29 is 15.0 Å². The summed E-state index contributed by atoms with van der Waals surface area (Å²) in [5.41, 5.74) is 5.83. The van der Waals surface area contributed by atoms with E-state index in [0.29, 0.717) is 5.69 Å². The average Bonchev–Trinajstić information content (AvgIpc) is 2.08. The Morgan fingerprint density at radius 2 is 2.31 bits per heavy atom. The maximum absolute atomic E-state index is 10.4. The van der Waals surface area contributed by atoms with Crippen LogP contribution < -0.4 is 5.73 Å². The van der Waals surface area contributed by atoms with Gasteiger partial charge in [-0.3, -0.25) is 9.78 Å². The fourth-order valence-electron chi connectivity index (χ4n) is 0.850. The van der Waals surface area contributed by atoms with E-state index >= 15 is 0 Å². The molecular formula is C8H10N2O3. The van der Waals surface area contributed by atoms with Gasteiger partial charge in [0.1, 0.15) is 11.8 Å². The summed E-state index contributed by atoms with van der Waals surface area (Å²) in [6.07, 6.45) is 1.42. The lowest BCUT2D eigenvalue weighted by Gasteiger charge is -2.04. The summed E-state index contributed by atoms with van der Waals surface area (Å²) in [5, 5.41) is 17.4. The second-order valence-electron chi connectivity index (χ2n) is 2.66. The molecule has 0 saturated carbocycles. The van der Waals surface area contributed by atoms with E-state index < -0.39 is 12.0 Å². The first kappa shape index (κ1) is 9.47. The maximum Gasteiger partial charge on any atom is 0.320 e. The summed E-state index contributed by atoms with van der Waals surface area (Å²) in [4.78, 5) is 14.2. The number of hydrogen-bond acceptors (Lipinski definition) is 4. The van der Waals surface area contributed by atoms with Gasteiger partial charge in [0.2, 0.25) is 0 Å². The molecule has 70 valence electrons. The molecule has 4 N–H and O–H groups in total. The SMILES string of the molecule is NC(Cc1ccc(O)cn1)C(=O)O. The number of aliphatic carboxylic acids is 1. The Hall–Kier alpha value is -1.62. The van der Waals surface area contributed by atoms with E-state index in [1.54, 1.807) is 0 Å². The number of pyridine rings is 1. The highest BCUT2D eigenvalue weighted by Gasteiger charge is 2.12. The second-order valence-corrected chi connectivity index (χ2v) is 2.66. The minimum atomic E-state index is -1.06. The largest absolute Gasteiger partial charge is 0.506 e. The summed E-state index contributed by atoms with van der Waals surface area (Å²) in [5.74, 6) is -1.01. The van der Waals surface area contributed by atoms with Crippen molar-refractivity contribution in [1.29, 1.82) is 0 Å². The molecule has 1 aromatic heterocycles. The van der Waals surface area contributed by atoms with Crippen LogP contribution in [0.3, 0.4) is 0 Å². The van der Waals surface area contributed by atoms with Gasteiger partial charge in [-0.1, -0.05) is 0 Å². The van der Waals surface area contributed by atoms with E-state index in [-0.39, 0.29) is 12.2 Å². The highest BCUT2D eigenvalue weighted by Crippen LogP contribution is 2.06. The van der Waals surface area contributed by atoms with Crippen molar-refractivity contribution in [2.45, 2.75) is 12.5 Å². The molecule has 1 unspecified atom stereocenters. The van der Waals surface area contributed by atoms with Crippen LogP contribution in [0, 0.1) is 0 Å². The number of aromatic hydroxyl groups is 1. The van der Waals surface area contributed by atoms with Gasteiger partial charge in [0.05, 0.1) is 6.20 Å². The van der Waals surface area contributed by atoms with Crippen molar-refractivity contribution in [3.63, 3.8) is 0 Å². The van der Waals surface area contributed by atoms with Crippen molar-refractivity contribution in [3.05, 3.63) is 24.0 Å². The molecule has 13 heavy (non-hydrogen) atoms. The Balaban J connectivity index is 2.64. The summed E-state index contributed by atoms with van der Waals surface area (Å²) in [6.45, 7) is 0. The molecule has 0 aliphatic heterocycles. The molecule has 1 rings (SSSR count). The molecule has 0 spiro atoms. The number of carbonyl (C=O) groups is 1. The van der Waals surface area contributed by atoms with Crippen molar-refractivity contribution in [2.75, 3.05) is 0 Å². The van der Waals surface area contributed by atoms with E-state index in [1.807, 2.05) is 0 Å². The van der Waals surface area contributed by atoms with Crippen LogP contribution in [-0.4, -0.2) is 27.2 Å². The maximum atomic E-state index is 10.4. The molecular weight excluding hydrogens is 172 g/mol. The normalized spacial score (nSPS) is 12.4. The summed E-state index contributed by atoms with van der Waals surface area (Å²) in [6, 6.07) is 2.03. The van der Waals surface area contributed by atoms with Gasteiger partial charge in [-0.05, 0) is 12.1 Å². The Morgan fingerprint density at radius 3 is 2.77 bits per heavy atom. The quantitative estimate of drug-likeness (QED) is 0.598.